The van der Waals surface area contributed by atoms with Crippen molar-refractivity contribution < 1.29 is 9.18 Å². The molecule has 30 heavy (non-hydrogen) atoms. The van der Waals surface area contributed by atoms with Gasteiger partial charge in [0.25, 0.3) is 0 Å². The van der Waals surface area contributed by atoms with Crippen LogP contribution in [0.2, 0.25) is 0 Å². The van der Waals surface area contributed by atoms with Crippen molar-refractivity contribution in [3.63, 3.8) is 0 Å². The van der Waals surface area contributed by atoms with Crippen LogP contribution >= 0.6 is 24.0 Å². The molecule has 5 nitrogen and oxygen atoms in total. The van der Waals surface area contributed by atoms with Crippen LogP contribution in [0.4, 0.5) is 4.39 Å². The summed E-state index contributed by atoms with van der Waals surface area (Å²) < 4.78 is 13.0. The lowest BCUT2D eigenvalue weighted by Crippen LogP contribution is -2.38. The minimum Gasteiger partial charge on any atom is -0.357 e. The summed E-state index contributed by atoms with van der Waals surface area (Å²) in [4.78, 5) is 18.4. The Morgan fingerprint density at radius 2 is 1.87 bits per heavy atom. The summed E-state index contributed by atoms with van der Waals surface area (Å²) >= 11 is 0. The fourth-order valence-electron chi connectivity index (χ4n) is 3.41. The summed E-state index contributed by atoms with van der Waals surface area (Å²) in [6.07, 6.45) is 2.42. The minimum absolute atomic E-state index is 0. The first-order valence-corrected chi connectivity index (χ1v) is 10.3. The number of hydrogen-bond donors (Lipinski definition) is 2. The Morgan fingerprint density at radius 1 is 1.10 bits per heavy atom. The third-order valence-electron chi connectivity index (χ3n) is 4.92. The highest BCUT2D eigenvalue weighted by Crippen LogP contribution is 2.15. The Bertz CT molecular complexity index is 841. The molecule has 0 aromatic heterocycles. The maximum absolute atomic E-state index is 13.0. The van der Waals surface area contributed by atoms with Crippen molar-refractivity contribution in [2.45, 2.75) is 39.3 Å². The maximum atomic E-state index is 13.0. The van der Waals surface area contributed by atoms with E-state index in [0.717, 1.165) is 48.6 Å². The molecule has 1 heterocycles. The molecule has 1 aliphatic rings. The zero-order valence-electron chi connectivity index (χ0n) is 17.4. The molecule has 0 atom stereocenters. The lowest BCUT2D eigenvalue weighted by molar-refractivity contribution is -0.128. The summed E-state index contributed by atoms with van der Waals surface area (Å²) in [5.74, 6) is 0.788. The number of nitrogens with zero attached hydrogens (tertiary/aromatic N) is 2. The Morgan fingerprint density at radius 3 is 2.57 bits per heavy atom. The number of hydrogen-bond acceptors (Lipinski definition) is 2. The second-order valence-electron chi connectivity index (χ2n) is 7.24. The molecule has 0 bridgehead atoms. The van der Waals surface area contributed by atoms with Gasteiger partial charge in [0.2, 0.25) is 5.91 Å². The van der Waals surface area contributed by atoms with Gasteiger partial charge in [0.05, 0.1) is 6.54 Å². The monoisotopic (exact) mass is 524 g/mol. The Labute approximate surface area is 195 Å². The molecule has 1 aliphatic heterocycles. The molecule has 0 radical (unpaired) electrons. The number of amides is 1. The van der Waals surface area contributed by atoms with Crippen molar-refractivity contribution in [3.05, 3.63) is 71.0 Å². The van der Waals surface area contributed by atoms with Crippen LogP contribution in [0.3, 0.4) is 0 Å². The van der Waals surface area contributed by atoms with Gasteiger partial charge >= 0.3 is 0 Å². The number of benzene rings is 2. The van der Waals surface area contributed by atoms with Gasteiger partial charge in [-0.3, -0.25) is 4.79 Å². The van der Waals surface area contributed by atoms with E-state index < -0.39 is 0 Å². The van der Waals surface area contributed by atoms with Gasteiger partial charge in [0, 0.05) is 32.6 Å². The second-order valence-corrected chi connectivity index (χ2v) is 7.24. The number of guanidine groups is 1. The van der Waals surface area contributed by atoms with Crippen LogP contribution in [0.1, 0.15) is 36.5 Å². The van der Waals surface area contributed by atoms with Crippen molar-refractivity contribution in [1.29, 1.82) is 0 Å². The molecule has 2 aromatic rings. The van der Waals surface area contributed by atoms with Crippen molar-refractivity contribution in [2.75, 3.05) is 19.6 Å². The lowest BCUT2D eigenvalue weighted by atomic mass is 10.1. The smallest absolute Gasteiger partial charge is 0.222 e. The first kappa shape index (κ1) is 24.1. The van der Waals surface area contributed by atoms with Crippen LogP contribution in [-0.4, -0.2) is 36.4 Å². The number of carbonyl (C=O) groups is 1. The lowest BCUT2D eigenvalue weighted by Gasteiger charge is -2.16. The number of halogens is 2. The third kappa shape index (κ3) is 7.59. The van der Waals surface area contributed by atoms with E-state index in [1.54, 1.807) is 12.1 Å². The van der Waals surface area contributed by atoms with Crippen molar-refractivity contribution in [2.24, 2.45) is 4.99 Å². The van der Waals surface area contributed by atoms with E-state index in [1.165, 1.54) is 12.1 Å². The number of nitrogens with one attached hydrogen (secondary N) is 2. The maximum Gasteiger partial charge on any atom is 0.222 e. The fraction of sp³-hybridized carbons (Fsp3) is 0.391. The van der Waals surface area contributed by atoms with Gasteiger partial charge in [0.1, 0.15) is 5.82 Å². The average molecular weight is 524 g/mol. The number of likely N-dealkylation sites (tertiary alicyclic amines) is 1. The van der Waals surface area contributed by atoms with Crippen molar-refractivity contribution in [1.82, 2.24) is 15.5 Å². The summed E-state index contributed by atoms with van der Waals surface area (Å²) in [6.45, 7) is 5.61. The Balaban J connectivity index is 0.00000320. The zero-order valence-corrected chi connectivity index (χ0v) is 19.7. The number of aliphatic imine (C=N–C) groups is 1. The molecule has 2 N–H and O–H groups in total. The first-order valence-electron chi connectivity index (χ1n) is 10.3. The van der Waals surface area contributed by atoms with E-state index in [0.29, 0.717) is 26.1 Å². The zero-order chi connectivity index (χ0) is 20.5. The molecule has 162 valence electrons. The van der Waals surface area contributed by atoms with E-state index in [2.05, 4.69) is 33.8 Å². The largest absolute Gasteiger partial charge is 0.357 e. The standard InChI is InChI=1S/C23H29FN4O.HI/c1-2-25-23(26-13-12-18-8-10-21(24)11-9-18)27-16-19-5-3-6-20(15-19)17-28-14-4-7-22(28)29;/h3,5-6,8-11,15H,2,4,7,12-14,16-17H2,1H3,(H2,25,26,27);1H. The van der Waals surface area contributed by atoms with Gasteiger partial charge in [-0.2, -0.15) is 0 Å². The van der Waals surface area contributed by atoms with Crippen molar-refractivity contribution in [3.8, 4) is 0 Å². The molecule has 1 fully saturated rings. The molecule has 0 spiro atoms. The second kappa shape index (κ2) is 12.5. The summed E-state index contributed by atoms with van der Waals surface area (Å²) in [7, 11) is 0. The first-order chi connectivity index (χ1) is 14.1. The van der Waals surface area contributed by atoms with Gasteiger partial charge in [-0.15, -0.1) is 24.0 Å². The fourth-order valence-corrected chi connectivity index (χ4v) is 3.41. The highest BCUT2D eigenvalue weighted by Gasteiger charge is 2.19. The SMILES string of the molecule is CCNC(=NCc1cccc(CN2CCCC2=O)c1)NCCc1ccc(F)cc1.I. The quantitative estimate of drug-likeness (QED) is 0.313. The average Bonchev–Trinajstić information content (AvgIpc) is 3.12. The molecular formula is C23H30FIN4O. The Kier molecular flexibility index (Phi) is 10.1. The molecule has 3 rings (SSSR count). The normalized spacial score (nSPS) is 13.9. The van der Waals surface area contributed by atoms with Crippen molar-refractivity contribution >= 4 is 35.8 Å². The van der Waals surface area contributed by atoms with Gasteiger partial charge in [-0.25, -0.2) is 9.38 Å². The van der Waals surface area contributed by atoms with Gasteiger partial charge < -0.3 is 15.5 Å². The van der Waals surface area contributed by atoms with Gasteiger partial charge in [-0.05, 0) is 48.6 Å². The molecule has 7 heteroatoms. The molecule has 1 amide bonds. The van der Waals surface area contributed by atoms with E-state index in [-0.39, 0.29) is 35.7 Å². The van der Waals surface area contributed by atoms with E-state index >= 15 is 0 Å². The molecule has 0 aliphatic carbocycles. The van der Waals surface area contributed by atoms with E-state index in [9.17, 15) is 9.18 Å². The van der Waals surface area contributed by atoms with Crippen LogP contribution in [-0.2, 0) is 24.3 Å². The number of rotatable bonds is 8. The van der Waals surface area contributed by atoms with Crippen LogP contribution in [0, 0.1) is 5.82 Å². The topological polar surface area (TPSA) is 56.7 Å². The van der Waals surface area contributed by atoms with Crippen LogP contribution in [0.5, 0.6) is 0 Å². The molecule has 0 saturated carbocycles. The third-order valence-corrected chi connectivity index (χ3v) is 4.92. The Hall–Kier alpha value is -2.16. The predicted octanol–water partition coefficient (Wildman–Crippen LogP) is 3.86. The highest BCUT2D eigenvalue weighted by molar-refractivity contribution is 14.0. The summed E-state index contributed by atoms with van der Waals surface area (Å²) in [5, 5.41) is 6.58. The molecular weight excluding hydrogens is 494 g/mol. The van der Waals surface area contributed by atoms with Crippen LogP contribution in [0.15, 0.2) is 53.5 Å². The van der Waals surface area contributed by atoms with Gasteiger partial charge in [0.15, 0.2) is 5.96 Å². The van der Waals surface area contributed by atoms with Gasteiger partial charge in [-0.1, -0.05) is 36.4 Å². The van der Waals surface area contributed by atoms with Crippen LogP contribution in [0.25, 0.3) is 0 Å². The number of carbonyl (C=O) groups excluding carboxylic acids is 1. The predicted molar refractivity (Wildman–Crippen MR) is 129 cm³/mol. The summed E-state index contributed by atoms with van der Waals surface area (Å²) in [5.41, 5.74) is 3.34. The van der Waals surface area contributed by atoms with E-state index in [4.69, 9.17) is 0 Å². The molecule has 1 saturated heterocycles. The minimum atomic E-state index is -0.215. The molecule has 0 unspecified atom stereocenters. The van der Waals surface area contributed by atoms with Crippen LogP contribution < -0.4 is 10.6 Å². The molecule has 2 aromatic carbocycles. The summed E-state index contributed by atoms with van der Waals surface area (Å²) in [6, 6.07) is 14.8. The highest BCUT2D eigenvalue weighted by atomic mass is 127. The van der Waals surface area contributed by atoms with E-state index in [1.807, 2.05) is 17.9 Å².